The summed E-state index contributed by atoms with van der Waals surface area (Å²) in [5.74, 6) is -0.980. The Hall–Kier alpha value is -2.67. The second-order valence-corrected chi connectivity index (χ2v) is 12.0. The van der Waals surface area contributed by atoms with Crippen molar-refractivity contribution in [2.45, 2.75) is 26.6 Å². The molecule has 0 amide bonds. The summed E-state index contributed by atoms with van der Waals surface area (Å²) in [7, 11) is -1.62. The highest BCUT2D eigenvalue weighted by molar-refractivity contribution is 6.88. The summed E-state index contributed by atoms with van der Waals surface area (Å²) in [6, 6.07) is 6.81. The summed E-state index contributed by atoms with van der Waals surface area (Å²) in [5, 5.41) is 4.59. The highest BCUT2D eigenvalue weighted by Gasteiger charge is 2.24. The lowest BCUT2D eigenvalue weighted by molar-refractivity contribution is 0.0494. The van der Waals surface area contributed by atoms with Crippen LogP contribution in [0.25, 0.3) is 11.0 Å². The van der Waals surface area contributed by atoms with Crippen LogP contribution in [0.5, 0.6) is 0 Å². The van der Waals surface area contributed by atoms with E-state index < -0.39 is 14.0 Å². The number of carbonyl (C=O) groups excluding carboxylic acids is 1. The molecule has 3 rings (SSSR count). The predicted octanol–water partition coefficient (Wildman–Crippen LogP) is 4.43. The normalized spacial score (nSPS) is 11.6. The molecule has 0 saturated heterocycles. The van der Waals surface area contributed by atoms with Crippen molar-refractivity contribution < 1.29 is 18.3 Å². The molecule has 1 aromatic carbocycles. The van der Waals surface area contributed by atoms with E-state index in [0.717, 1.165) is 5.19 Å². The first kappa shape index (κ1) is 18.1. The number of hydrogen-bond acceptors (Lipinski definition) is 5. The molecule has 136 valence electrons. The number of benzene rings is 1. The molecule has 3 aromatic rings. The van der Waals surface area contributed by atoms with Crippen molar-refractivity contribution in [1.82, 2.24) is 4.98 Å². The number of nitrogens with zero attached hydrogens (tertiary/aromatic N) is 1. The number of ether oxygens (including phenoxy) is 1. The third-order valence-electron chi connectivity index (χ3n) is 4.05. The SMILES string of the molecule is CCOC(=O)c1oc2ccncc2c1Nc1ccc([Si](C)(C)C)cc1F. The Morgan fingerprint density at radius 1 is 1.31 bits per heavy atom. The maximum Gasteiger partial charge on any atom is 0.376 e. The number of pyridine rings is 1. The van der Waals surface area contributed by atoms with Gasteiger partial charge in [-0.15, -0.1) is 0 Å². The fourth-order valence-corrected chi connectivity index (χ4v) is 3.77. The van der Waals surface area contributed by atoms with E-state index in [1.807, 2.05) is 6.07 Å². The lowest BCUT2D eigenvalue weighted by Gasteiger charge is -2.17. The minimum atomic E-state index is -1.62. The topological polar surface area (TPSA) is 64.4 Å². The standard InChI is InChI=1S/C19H21FN2O3Si/c1-5-24-19(23)18-17(13-11-21-9-8-16(13)25-18)22-15-7-6-12(10-14(15)20)26(2,3)4/h6-11,22H,5H2,1-4H3. The van der Waals surface area contributed by atoms with E-state index in [1.165, 1.54) is 0 Å². The van der Waals surface area contributed by atoms with Crippen LogP contribution in [0, 0.1) is 5.82 Å². The van der Waals surface area contributed by atoms with Gasteiger partial charge in [-0.2, -0.15) is 0 Å². The van der Waals surface area contributed by atoms with Gasteiger partial charge in [0.25, 0.3) is 0 Å². The van der Waals surface area contributed by atoms with Gasteiger partial charge in [-0.3, -0.25) is 4.98 Å². The molecule has 2 heterocycles. The molecule has 0 bridgehead atoms. The van der Waals surface area contributed by atoms with Crippen molar-refractivity contribution in [1.29, 1.82) is 0 Å². The molecule has 0 unspecified atom stereocenters. The van der Waals surface area contributed by atoms with Gasteiger partial charge < -0.3 is 14.5 Å². The highest BCUT2D eigenvalue weighted by Crippen LogP contribution is 2.33. The molecular weight excluding hydrogens is 351 g/mol. The van der Waals surface area contributed by atoms with E-state index >= 15 is 0 Å². The first-order valence-corrected chi connectivity index (χ1v) is 11.9. The first-order valence-electron chi connectivity index (χ1n) is 8.42. The van der Waals surface area contributed by atoms with Crippen LogP contribution >= 0.6 is 0 Å². The third kappa shape index (κ3) is 3.48. The fourth-order valence-electron chi connectivity index (χ4n) is 2.62. The average Bonchev–Trinajstić information content (AvgIpc) is 2.95. The molecule has 7 heteroatoms. The van der Waals surface area contributed by atoms with Gasteiger partial charge in [-0.25, -0.2) is 9.18 Å². The van der Waals surface area contributed by atoms with Crippen molar-refractivity contribution in [2.24, 2.45) is 0 Å². The van der Waals surface area contributed by atoms with Gasteiger partial charge >= 0.3 is 5.97 Å². The van der Waals surface area contributed by atoms with Gasteiger partial charge in [-0.1, -0.05) is 30.9 Å². The van der Waals surface area contributed by atoms with Crippen LogP contribution in [-0.2, 0) is 4.74 Å². The highest BCUT2D eigenvalue weighted by atomic mass is 28.3. The number of nitrogens with one attached hydrogen (secondary N) is 1. The van der Waals surface area contributed by atoms with Crippen LogP contribution in [-0.4, -0.2) is 25.6 Å². The van der Waals surface area contributed by atoms with E-state index in [0.29, 0.717) is 16.7 Å². The molecule has 0 atom stereocenters. The van der Waals surface area contributed by atoms with E-state index in [2.05, 4.69) is 29.9 Å². The number of rotatable bonds is 5. The Morgan fingerprint density at radius 2 is 2.08 bits per heavy atom. The van der Waals surface area contributed by atoms with Crippen molar-refractivity contribution in [3.63, 3.8) is 0 Å². The molecule has 0 aliphatic carbocycles. The predicted molar refractivity (Wildman–Crippen MR) is 103 cm³/mol. The Morgan fingerprint density at radius 3 is 2.73 bits per heavy atom. The summed E-state index contributed by atoms with van der Waals surface area (Å²) in [5.41, 5.74) is 1.10. The van der Waals surface area contributed by atoms with Crippen LogP contribution in [0.2, 0.25) is 19.6 Å². The summed E-state index contributed by atoms with van der Waals surface area (Å²) in [4.78, 5) is 16.3. The fraction of sp³-hybridized carbons (Fsp3) is 0.263. The smallest absolute Gasteiger partial charge is 0.376 e. The monoisotopic (exact) mass is 372 g/mol. The summed E-state index contributed by atoms with van der Waals surface area (Å²) in [6.07, 6.45) is 3.13. The average molecular weight is 372 g/mol. The van der Waals surface area contributed by atoms with Crippen LogP contribution in [0.1, 0.15) is 17.5 Å². The molecule has 0 aliphatic heterocycles. The number of fused-ring (bicyclic) bond motifs is 1. The Kier molecular flexibility index (Phi) is 4.82. The van der Waals surface area contributed by atoms with Gasteiger partial charge in [0.15, 0.2) is 0 Å². The van der Waals surface area contributed by atoms with Crippen molar-refractivity contribution in [3.05, 3.63) is 48.2 Å². The minimum absolute atomic E-state index is 0.00326. The molecule has 1 N–H and O–H groups in total. The zero-order valence-corrected chi connectivity index (χ0v) is 16.2. The van der Waals surface area contributed by atoms with Gasteiger partial charge in [0.2, 0.25) is 5.76 Å². The van der Waals surface area contributed by atoms with Crippen LogP contribution in [0.15, 0.2) is 41.1 Å². The number of hydrogen-bond donors (Lipinski definition) is 1. The molecule has 26 heavy (non-hydrogen) atoms. The lowest BCUT2D eigenvalue weighted by Crippen LogP contribution is -2.37. The van der Waals surface area contributed by atoms with Gasteiger partial charge in [0, 0.05) is 12.4 Å². The van der Waals surface area contributed by atoms with Crippen LogP contribution in [0.3, 0.4) is 0 Å². The molecule has 0 spiro atoms. The molecular formula is C19H21FN2O3Si. The summed E-state index contributed by atoms with van der Waals surface area (Å²) >= 11 is 0. The number of halogens is 1. The zero-order valence-electron chi connectivity index (χ0n) is 15.2. The number of aromatic nitrogens is 1. The Labute approximate surface area is 152 Å². The van der Waals surface area contributed by atoms with Gasteiger partial charge in [-0.05, 0) is 25.1 Å². The lowest BCUT2D eigenvalue weighted by atomic mass is 10.2. The second kappa shape index (κ2) is 6.91. The van der Waals surface area contributed by atoms with Crippen molar-refractivity contribution in [3.8, 4) is 0 Å². The maximum absolute atomic E-state index is 14.7. The van der Waals surface area contributed by atoms with E-state index in [4.69, 9.17) is 9.15 Å². The Balaban J connectivity index is 2.05. The second-order valence-electron chi connectivity index (χ2n) is 6.97. The van der Waals surface area contributed by atoms with Crippen molar-refractivity contribution in [2.75, 3.05) is 11.9 Å². The number of anilines is 2. The number of furan rings is 1. The molecule has 2 aromatic heterocycles. The number of esters is 1. The van der Waals surface area contributed by atoms with E-state index in [1.54, 1.807) is 37.5 Å². The van der Waals surface area contributed by atoms with Gasteiger partial charge in [0.1, 0.15) is 17.1 Å². The molecule has 0 radical (unpaired) electrons. The largest absolute Gasteiger partial charge is 0.460 e. The molecule has 0 aliphatic rings. The van der Waals surface area contributed by atoms with E-state index in [9.17, 15) is 9.18 Å². The number of carbonyl (C=O) groups is 1. The molecule has 5 nitrogen and oxygen atoms in total. The quantitative estimate of drug-likeness (QED) is 0.530. The molecule has 0 fully saturated rings. The Bertz CT molecular complexity index is 963. The minimum Gasteiger partial charge on any atom is -0.460 e. The first-order chi connectivity index (χ1) is 12.3. The zero-order chi connectivity index (χ0) is 18.9. The van der Waals surface area contributed by atoms with Gasteiger partial charge in [0.05, 0.1) is 25.8 Å². The third-order valence-corrected chi connectivity index (χ3v) is 6.09. The summed E-state index contributed by atoms with van der Waals surface area (Å²) in [6.45, 7) is 8.39. The van der Waals surface area contributed by atoms with Crippen molar-refractivity contribution >= 4 is 41.6 Å². The van der Waals surface area contributed by atoms with Crippen LogP contribution < -0.4 is 10.5 Å². The molecule has 0 saturated carbocycles. The maximum atomic E-state index is 14.7. The summed E-state index contributed by atoms with van der Waals surface area (Å²) < 4.78 is 25.3. The van der Waals surface area contributed by atoms with E-state index in [-0.39, 0.29) is 23.9 Å². The van der Waals surface area contributed by atoms with Crippen LogP contribution in [0.4, 0.5) is 15.8 Å².